The molecule has 1 aromatic carbocycles. The number of amides is 2. The van der Waals surface area contributed by atoms with Crippen LogP contribution in [0.1, 0.15) is 50.8 Å². The van der Waals surface area contributed by atoms with Gasteiger partial charge in [0.15, 0.2) is 0 Å². The highest BCUT2D eigenvalue weighted by atomic mass is 16.5. The Bertz CT molecular complexity index is 621. The highest BCUT2D eigenvalue weighted by Crippen LogP contribution is 2.27. The van der Waals surface area contributed by atoms with Crippen LogP contribution in [0.4, 0.5) is 4.79 Å². The van der Waals surface area contributed by atoms with Gasteiger partial charge in [-0.3, -0.25) is 4.90 Å². The van der Waals surface area contributed by atoms with Gasteiger partial charge >= 0.3 is 6.03 Å². The monoisotopic (exact) mass is 373 g/mol. The minimum absolute atomic E-state index is 0.0221. The predicted molar refractivity (Wildman–Crippen MR) is 109 cm³/mol. The van der Waals surface area contributed by atoms with Crippen LogP contribution in [0, 0.1) is 12.8 Å². The lowest BCUT2D eigenvalue weighted by atomic mass is 9.95. The Hall–Kier alpha value is -1.59. The van der Waals surface area contributed by atoms with Crippen molar-refractivity contribution in [2.24, 2.45) is 5.92 Å². The number of aryl methyl sites for hydroxylation is 1. The number of ether oxygens (including phenoxy) is 1. The minimum atomic E-state index is -0.269. The summed E-state index contributed by atoms with van der Waals surface area (Å²) in [6.45, 7) is 13.3. The number of hydrogen-bond donors (Lipinski definition) is 1. The van der Waals surface area contributed by atoms with Crippen LogP contribution in [0.3, 0.4) is 0 Å². The van der Waals surface area contributed by atoms with Gasteiger partial charge in [0.05, 0.1) is 24.8 Å². The first kappa shape index (κ1) is 20.2. The van der Waals surface area contributed by atoms with Crippen LogP contribution >= 0.6 is 0 Å². The van der Waals surface area contributed by atoms with Crippen LogP contribution in [0.25, 0.3) is 0 Å². The Morgan fingerprint density at radius 1 is 1.22 bits per heavy atom. The summed E-state index contributed by atoms with van der Waals surface area (Å²) >= 11 is 0. The van der Waals surface area contributed by atoms with Crippen molar-refractivity contribution >= 4 is 6.03 Å². The van der Waals surface area contributed by atoms with Crippen molar-refractivity contribution in [3.63, 3.8) is 0 Å². The molecule has 2 amide bonds. The maximum Gasteiger partial charge on any atom is 0.317 e. The quantitative estimate of drug-likeness (QED) is 0.877. The molecule has 1 aromatic rings. The molecule has 3 rings (SSSR count). The second-order valence-electron chi connectivity index (χ2n) is 8.86. The maximum atomic E-state index is 12.8. The zero-order valence-electron chi connectivity index (χ0n) is 17.3. The number of urea groups is 1. The molecule has 1 atom stereocenters. The van der Waals surface area contributed by atoms with E-state index in [1.165, 1.54) is 24.0 Å². The summed E-state index contributed by atoms with van der Waals surface area (Å²) in [5.74, 6) is 0.796. The van der Waals surface area contributed by atoms with Gasteiger partial charge in [0.2, 0.25) is 0 Å². The Morgan fingerprint density at radius 2 is 1.89 bits per heavy atom. The third-order valence-electron chi connectivity index (χ3n) is 5.88. The van der Waals surface area contributed by atoms with Gasteiger partial charge in [-0.25, -0.2) is 4.79 Å². The van der Waals surface area contributed by atoms with E-state index in [1.54, 1.807) is 0 Å². The molecule has 2 aliphatic rings. The zero-order chi connectivity index (χ0) is 19.4. The van der Waals surface area contributed by atoms with Gasteiger partial charge in [-0.15, -0.1) is 0 Å². The molecule has 5 heteroatoms. The number of carbonyl (C=O) groups is 1. The first-order chi connectivity index (χ1) is 12.8. The van der Waals surface area contributed by atoms with E-state index in [9.17, 15) is 4.79 Å². The summed E-state index contributed by atoms with van der Waals surface area (Å²) in [5, 5.41) is 3.20. The summed E-state index contributed by atoms with van der Waals surface area (Å²) in [4.78, 5) is 17.2. The molecule has 2 saturated heterocycles. The molecule has 0 unspecified atom stereocenters. The Balaban J connectivity index is 1.66. The lowest BCUT2D eigenvalue weighted by Crippen LogP contribution is -2.54. The fraction of sp³-hybridized carbons (Fsp3) is 0.682. The van der Waals surface area contributed by atoms with Gasteiger partial charge in [0.1, 0.15) is 0 Å². The van der Waals surface area contributed by atoms with Crippen LogP contribution in [-0.4, -0.2) is 60.8 Å². The number of rotatable bonds is 4. The Morgan fingerprint density at radius 3 is 2.52 bits per heavy atom. The van der Waals surface area contributed by atoms with Crippen molar-refractivity contribution in [3.05, 3.63) is 35.4 Å². The molecule has 1 N–H and O–H groups in total. The zero-order valence-corrected chi connectivity index (χ0v) is 17.3. The fourth-order valence-electron chi connectivity index (χ4n) is 4.07. The lowest BCUT2D eigenvalue weighted by Gasteiger charge is -2.39. The number of hydrogen-bond acceptors (Lipinski definition) is 3. The molecule has 2 heterocycles. The largest absolute Gasteiger partial charge is 0.372 e. The minimum Gasteiger partial charge on any atom is -0.372 e. The number of morpholine rings is 1. The van der Waals surface area contributed by atoms with Crippen LogP contribution in [0.15, 0.2) is 24.3 Å². The van der Waals surface area contributed by atoms with Crippen LogP contribution in [-0.2, 0) is 4.74 Å². The van der Waals surface area contributed by atoms with Crippen molar-refractivity contribution in [3.8, 4) is 0 Å². The Kier molecular flexibility index (Phi) is 6.43. The molecule has 2 fully saturated rings. The number of likely N-dealkylation sites (tertiary alicyclic amines) is 1. The van der Waals surface area contributed by atoms with Crippen LogP contribution < -0.4 is 5.32 Å². The van der Waals surface area contributed by atoms with Crippen molar-refractivity contribution in [1.29, 1.82) is 0 Å². The average molecular weight is 374 g/mol. The molecular weight excluding hydrogens is 338 g/mol. The molecule has 0 bridgehead atoms. The third kappa shape index (κ3) is 5.45. The van der Waals surface area contributed by atoms with E-state index >= 15 is 0 Å². The molecule has 0 radical (unpaired) electrons. The smallest absolute Gasteiger partial charge is 0.317 e. The summed E-state index contributed by atoms with van der Waals surface area (Å²) < 4.78 is 5.73. The highest BCUT2D eigenvalue weighted by molar-refractivity contribution is 5.74. The molecule has 2 aliphatic heterocycles. The number of carbonyl (C=O) groups excluding carboxylic acids is 1. The molecule has 0 aromatic heterocycles. The maximum absolute atomic E-state index is 12.8. The van der Waals surface area contributed by atoms with E-state index in [-0.39, 0.29) is 17.7 Å². The van der Waals surface area contributed by atoms with E-state index in [0.29, 0.717) is 26.2 Å². The molecule has 0 spiro atoms. The average Bonchev–Trinajstić information content (AvgIpc) is 2.63. The third-order valence-corrected chi connectivity index (χ3v) is 5.88. The first-order valence-corrected chi connectivity index (χ1v) is 10.3. The number of nitrogens with zero attached hydrogens (tertiary/aromatic N) is 2. The summed E-state index contributed by atoms with van der Waals surface area (Å²) in [6.07, 6.45) is 2.46. The van der Waals surface area contributed by atoms with Crippen molar-refractivity contribution < 1.29 is 9.53 Å². The second kappa shape index (κ2) is 8.61. The topological polar surface area (TPSA) is 44.8 Å². The van der Waals surface area contributed by atoms with Crippen molar-refractivity contribution in [2.75, 3.05) is 39.3 Å². The molecule has 0 aliphatic carbocycles. The van der Waals surface area contributed by atoms with Crippen molar-refractivity contribution in [2.45, 2.75) is 52.2 Å². The number of piperidine rings is 1. The van der Waals surface area contributed by atoms with Gasteiger partial charge < -0.3 is 15.0 Å². The number of benzene rings is 1. The predicted octanol–water partition coefficient (Wildman–Crippen LogP) is 3.59. The highest BCUT2D eigenvalue weighted by Gasteiger charge is 2.31. The fourth-order valence-corrected chi connectivity index (χ4v) is 4.07. The molecule has 27 heavy (non-hydrogen) atoms. The van der Waals surface area contributed by atoms with E-state index in [0.717, 1.165) is 19.0 Å². The first-order valence-electron chi connectivity index (χ1n) is 10.3. The molecule has 150 valence electrons. The lowest BCUT2D eigenvalue weighted by molar-refractivity contribution is -0.0734. The molecule has 5 nitrogen and oxygen atoms in total. The van der Waals surface area contributed by atoms with E-state index in [4.69, 9.17) is 4.74 Å². The second-order valence-corrected chi connectivity index (χ2v) is 8.86. The van der Waals surface area contributed by atoms with E-state index in [2.05, 4.69) is 48.3 Å². The van der Waals surface area contributed by atoms with Gasteiger partial charge in [0.25, 0.3) is 0 Å². The number of nitrogens with one attached hydrogen (secondary N) is 1. The molecular formula is C22H35N3O2. The Labute approximate surface area is 164 Å². The van der Waals surface area contributed by atoms with Gasteiger partial charge in [-0.2, -0.15) is 0 Å². The van der Waals surface area contributed by atoms with Crippen LogP contribution in [0.5, 0.6) is 0 Å². The molecule has 0 saturated carbocycles. The summed E-state index contributed by atoms with van der Waals surface area (Å²) in [5.41, 5.74) is 2.29. The van der Waals surface area contributed by atoms with Crippen LogP contribution in [0.2, 0.25) is 0 Å². The van der Waals surface area contributed by atoms with Gasteiger partial charge in [0, 0.05) is 13.1 Å². The van der Waals surface area contributed by atoms with Crippen molar-refractivity contribution in [1.82, 2.24) is 15.1 Å². The van der Waals surface area contributed by atoms with E-state index in [1.807, 2.05) is 18.7 Å². The van der Waals surface area contributed by atoms with Gasteiger partial charge in [-0.05, 0) is 58.2 Å². The summed E-state index contributed by atoms with van der Waals surface area (Å²) in [7, 11) is 0. The standard InChI is InChI=1S/C22H35N3O2/c1-17-5-7-19(8-6-17)20(24-11-9-18(2)10-12-24)15-23-21(26)25-13-14-27-22(3,4)16-25/h5-8,18,20H,9-16H2,1-4H3,(H,23,26)/t20-/m1/s1. The van der Waals surface area contributed by atoms with Gasteiger partial charge in [-0.1, -0.05) is 36.8 Å². The van der Waals surface area contributed by atoms with E-state index < -0.39 is 0 Å². The summed E-state index contributed by atoms with van der Waals surface area (Å²) in [6, 6.07) is 9.01. The normalized spacial score (nSPS) is 22.4. The SMILES string of the molecule is Cc1ccc([C@@H](CNC(=O)N2CCOC(C)(C)C2)N2CCC(C)CC2)cc1.